The Labute approximate surface area is 137 Å². The number of aliphatic imine (C=N–C) groups is 1. The minimum absolute atomic E-state index is 0.645. The Hall–Kier alpha value is -1.07. The van der Waals surface area contributed by atoms with Gasteiger partial charge in [-0.3, -0.25) is 0 Å². The van der Waals surface area contributed by atoms with Gasteiger partial charge in [-0.1, -0.05) is 0 Å². The topological polar surface area (TPSA) is 39.7 Å². The lowest BCUT2D eigenvalue weighted by Crippen LogP contribution is -2.44. The van der Waals surface area contributed by atoms with E-state index in [1.54, 1.807) is 10.4 Å². The summed E-state index contributed by atoms with van der Waals surface area (Å²) in [6.45, 7) is 0.734. The molecule has 0 atom stereocenters. The standard InChI is InChI=1S/C17H26N4S/c1-18-11-6-8-12(9-7-11)21(2)16-15-13-4-3-5-14(13)22-17(15)20-10-19-16/h11-12,18,20H,3-10H2,1-2H3/t11-,12-. The Morgan fingerprint density at radius 3 is 2.82 bits per heavy atom. The first-order chi connectivity index (χ1) is 10.8. The maximum atomic E-state index is 4.86. The predicted octanol–water partition coefficient (Wildman–Crippen LogP) is 2.83. The summed E-state index contributed by atoms with van der Waals surface area (Å²) in [6, 6.07) is 1.35. The molecule has 120 valence electrons. The van der Waals surface area contributed by atoms with E-state index in [4.69, 9.17) is 4.99 Å². The molecule has 0 saturated heterocycles. The van der Waals surface area contributed by atoms with Crippen molar-refractivity contribution >= 4 is 22.2 Å². The van der Waals surface area contributed by atoms with Crippen LogP contribution < -0.4 is 10.6 Å². The molecule has 0 unspecified atom stereocenters. The molecule has 0 radical (unpaired) electrons. The summed E-state index contributed by atoms with van der Waals surface area (Å²) in [5.74, 6) is 1.25. The van der Waals surface area contributed by atoms with Crippen molar-refractivity contribution < 1.29 is 0 Å². The molecule has 5 heteroatoms. The minimum Gasteiger partial charge on any atom is -0.357 e. The Bertz CT molecular complexity index is 584. The second kappa shape index (κ2) is 5.85. The van der Waals surface area contributed by atoms with Crippen molar-refractivity contribution in [3.8, 4) is 0 Å². The van der Waals surface area contributed by atoms with Crippen LogP contribution in [-0.4, -0.2) is 43.6 Å². The van der Waals surface area contributed by atoms with E-state index in [2.05, 4.69) is 29.6 Å². The van der Waals surface area contributed by atoms with E-state index in [0.29, 0.717) is 12.1 Å². The number of hydrogen-bond acceptors (Lipinski definition) is 5. The zero-order valence-electron chi connectivity index (χ0n) is 13.6. The summed E-state index contributed by atoms with van der Waals surface area (Å²) in [5, 5.41) is 8.29. The quantitative estimate of drug-likeness (QED) is 0.881. The smallest absolute Gasteiger partial charge is 0.136 e. The maximum absolute atomic E-state index is 4.86. The highest BCUT2D eigenvalue weighted by Crippen LogP contribution is 2.41. The number of hydrogen-bond donors (Lipinski definition) is 2. The van der Waals surface area contributed by atoms with Crippen LogP contribution in [0.3, 0.4) is 0 Å². The van der Waals surface area contributed by atoms with Crippen LogP contribution in [0.4, 0.5) is 5.00 Å². The molecule has 2 heterocycles. The zero-order valence-corrected chi connectivity index (χ0v) is 14.4. The molecular weight excluding hydrogens is 292 g/mol. The van der Waals surface area contributed by atoms with E-state index in [9.17, 15) is 0 Å². The van der Waals surface area contributed by atoms with Crippen LogP contribution in [0.5, 0.6) is 0 Å². The summed E-state index contributed by atoms with van der Waals surface area (Å²) in [5.41, 5.74) is 3.02. The normalized spacial score (nSPS) is 26.9. The molecule has 1 saturated carbocycles. The average molecular weight is 318 g/mol. The number of nitrogens with one attached hydrogen (secondary N) is 2. The molecular formula is C17H26N4S. The molecule has 0 aromatic carbocycles. The Kier molecular flexibility index (Phi) is 3.86. The summed E-state index contributed by atoms with van der Waals surface area (Å²) in [4.78, 5) is 8.94. The van der Waals surface area contributed by atoms with E-state index < -0.39 is 0 Å². The van der Waals surface area contributed by atoms with E-state index in [1.165, 1.54) is 61.3 Å². The fraction of sp³-hybridized carbons (Fsp3) is 0.706. The summed E-state index contributed by atoms with van der Waals surface area (Å²) >= 11 is 1.97. The third-order valence-electron chi connectivity index (χ3n) is 5.60. The monoisotopic (exact) mass is 318 g/mol. The summed E-state index contributed by atoms with van der Waals surface area (Å²) in [7, 11) is 4.35. The van der Waals surface area contributed by atoms with Gasteiger partial charge in [-0.05, 0) is 57.6 Å². The highest BCUT2D eigenvalue weighted by atomic mass is 32.1. The molecule has 0 spiro atoms. The molecule has 1 aromatic heterocycles. The third-order valence-corrected chi connectivity index (χ3v) is 6.85. The fourth-order valence-corrected chi connectivity index (χ4v) is 5.52. The van der Waals surface area contributed by atoms with Gasteiger partial charge < -0.3 is 15.5 Å². The highest BCUT2D eigenvalue weighted by Gasteiger charge is 2.32. The van der Waals surface area contributed by atoms with E-state index in [0.717, 1.165) is 6.67 Å². The van der Waals surface area contributed by atoms with Gasteiger partial charge in [-0.2, -0.15) is 0 Å². The van der Waals surface area contributed by atoms with Crippen LogP contribution in [0, 0.1) is 0 Å². The molecule has 2 aliphatic carbocycles. The summed E-state index contributed by atoms with van der Waals surface area (Å²) in [6.07, 6.45) is 8.93. The van der Waals surface area contributed by atoms with Crippen LogP contribution in [0.1, 0.15) is 48.1 Å². The van der Waals surface area contributed by atoms with Crippen molar-refractivity contribution in [1.29, 1.82) is 0 Å². The van der Waals surface area contributed by atoms with Gasteiger partial charge in [0.1, 0.15) is 17.5 Å². The molecule has 0 amide bonds. The van der Waals surface area contributed by atoms with Crippen LogP contribution in [-0.2, 0) is 12.8 Å². The first-order valence-electron chi connectivity index (χ1n) is 8.61. The lowest BCUT2D eigenvalue weighted by atomic mass is 9.90. The molecule has 4 nitrogen and oxygen atoms in total. The van der Waals surface area contributed by atoms with Gasteiger partial charge in [0.25, 0.3) is 0 Å². The molecule has 1 aromatic rings. The second-order valence-corrected chi connectivity index (χ2v) is 7.89. The molecule has 3 aliphatic rings. The van der Waals surface area contributed by atoms with Gasteiger partial charge in [0.2, 0.25) is 0 Å². The average Bonchev–Trinajstić information content (AvgIpc) is 3.14. The molecule has 0 bridgehead atoms. The maximum Gasteiger partial charge on any atom is 0.136 e. The lowest BCUT2D eigenvalue weighted by Gasteiger charge is -2.37. The van der Waals surface area contributed by atoms with Gasteiger partial charge >= 0.3 is 0 Å². The number of amidine groups is 1. The van der Waals surface area contributed by atoms with Gasteiger partial charge in [-0.15, -0.1) is 11.3 Å². The SMILES string of the molecule is CN[C@H]1CC[C@H](N(C)C2=NCNc3sc4c(c32)CCC4)CC1. The van der Waals surface area contributed by atoms with Gasteiger partial charge in [0.05, 0.1) is 5.56 Å². The fourth-order valence-electron chi connectivity index (χ4n) is 4.24. The highest BCUT2D eigenvalue weighted by molar-refractivity contribution is 7.16. The van der Waals surface area contributed by atoms with Crippen molar-refractivity contribution in [1.82, 2.24) is 10.2 Å². The first kappa shape index (κ1) is 14.5. The number of rotatable bonds is 2. The molecule has 22 heavy (non-hydrogen) atoms. The van der Waals surface area contributed by atoms with Crippen molar-refractivity contribution in [3.05, 3.63) is 16.0 Å². The number of thiophene rings is 1. The van der Waals surface area contributed by atoms with Gasteiger partial charge in [0.15, 0.2) is 0 Å². The van der Waals surface area contributed by atoms with Crippen LogP contribution in [0.15, 0.2) is 4.99 Å². The predicted molar refractivity (Wildman–Crippen MR) is 94.2 cm³/mol. The van der Waals surface area contributed by atoms with E-state index >= 15 is 0 Å². The summed E-state index contributed by atoms with van der Waals surface area (Å²) < 4.78 is 0. The lowest BCUT2D eigenvalue weighted by molar-refractivity contribution is 0.248. The number of aryl methyl sites for hydroxylation is 1. The number of anilines is 1. The van der Waals surface area contributed by atoms with E-state index in [-0.39, 0.29) is 0 Å². The molecule has 2 N–H and O–H groups in total. The Morgan fingerprint density at radius 2 is 2.05 bits per heavy atom. The van der Waals surface area contributed by atoms with Crippen molar-refractivity contribution in [2.75, 3.05) is 26.1 Å². The van der Waals surface area contributed by atoms with Crippen LogP contribution in [0.2, 0.25) is 0 Å². The largest absolute Gasteiger partial charge is 0.357 e. The van der Waals surface area contributed by atoms with E-state index in [1.807, 2.05) is 11.3 Å². The van der Waals surface area contributed by atoms with Crippen molar-refractivity contribution in [3.63, 3.8) is 0 Å². The minimum atomic E-state index is 0.645. The second-order valence-electron chi connectivity index (χ2n) is 6.78. The Balaban J connectivity index is 1.57. The van der Waals surface area contributed by atoms with Crippen LogP contribution in [0.25, 0.3) is 0 Å². The van der Waals surface area contributed by atoms with Gasteiger partial charge in [-0.25, -0.2) is 4.99 Å². The number of fused-ring (bicyclic) bond motifs is 3. The zero-order chi connectivity index (χ0) is 15.1. The van der Waals surface area contributed by atoms with Crippen molar-refractivity contribution in [2.45, 2.75) is 57.0 Å². The van der Waals surface area contributed by atoms with Crippen LogP contribution >= 0.6 is 11.3 Å². The van der Waals surface area contributed by atoms with Crippen molar-refractivity contribution in [2.24, 2.45) is 4.99 Å². The molecule has 1 fully saturated rings. The molecule has 1 aliphatic heterocycles. The molecule has 4 rings (SSSR count). The van der Waals surface area contributed by atoms with Gasteiger partial charge in [0, 0.05) is 24.0 Å². The third kappa shape index (κ3) is 2.35. The Morgan fingerprint density at radius 1 is 1.23 bits per heavy atom. The first-order valence-corrected chi connectivity index (χ1v) is 9.43. The number of nitrogens with zero attached hydrogens (tertiary/aromatic N) is 2.